The maximum Gasteiger partial charge on any atom is 0.0575 e. The van der Waals surface area contributed by atoms with Crippen molar-refractivity contribution < 1.29 is 9.47 Å². The van der Waals surface area contributed by atoms with Gasteiger partial charge >= 0.3 is 0 Å². The number of ether oxygens (including phenoxy) is 2. The van der Waals surface area contributed by atoms with Crippen LogP contribution in [-0.2, 0) is 9.47 Å². The summed E-state index contributed by atoms with van der Waals surface area (Å²) in [7, 11) is 0. The van der Waals surface area contributed by atoms with E-state index >= 15 is 0 Å². The third-order valence-electron chi connectivity index (χ3n) is 2.57. The second kappa shape index (κ2) is 18.0. The fourth-order valence-corrected chi connectivity index (χ4v) is 1.46. The van der Waals surface area contributed by atoms with Gasteiger partial charge in [-0.2, -0.15) is 0 Å². The molecule has 0 aliphatic carbocycles. The van der Waals surface area contributed by atoms with E-state index in [1.54, 1.807) is 0 Å². The summed E-state index contributed by atoms with van der Waals surface area (Å²) in [6.07, 6.45) is 8.10. The Morgan fingerprint density at radius 1 is 0.550 bits per heavy atom. The molecular formula is C18H30O2. The van der Waals surface area contributed by atoms with E-state index in [9.17, 15) is 0 Å². The van der Waals surface area contributed by atoms with Gasteiger partial charge < -0.3 is 9.47 Å². The lowest BCUT2D eigenvalue weighted by Crippen LogP contribution is -2.00. The predicted molar refractivity (Wildman–Crippen MR) is 85.5 cm³/mol. The largest absolute Gasteiger partial charge is 0.380 e. The molecule has 0 aromatic rings. The van der Waals surface area contributed by atoms with Crippen LogP contribution in [0.1, 0.15) is 65.2 Å². The molecule has 0 N–H and O–H groups in total. The Balaban J connectivity index is 3.07. The first kappa shape index (κ1) is 19.0. The molecule has 0 aromatic carbocycles. The van der Waals surface area contributed by atoms with Gasteiger partial charge in [0.25, 0.3) is 0 Å². The van der Waals surface area contributed by atoms with E-state index in [0.717, 1.165) is 77.8 Å². The summed E-state index contributed by atoms with van der Waals surface area (Å²) in [6.45, 7) is 7.43. The zero-order valence-corrected chi connectivity index (χ0v) is 13.3. The molecule has 0 aliphatic rings. The highest BCUT2D eigenvalue weighted by Crippen LogP contribution is 1.93. The van der Waals surface area contributed by atoms with Gasteiger partial charge in [0.1, 0.15) is 0 Å². The zero-order valence-electron chi connectivity index (χ0n) is 13.3. The van der Waals surface area contributed by atoms with Crippen LogP contribution < -0.4 is 0 Å². The summed E-state index contributed by atoms with van der Waals surface area (Å²) in [5.41, 5.74) is 0. The summed E-state index contributed by atoms with van der Waals surface area (Å²) >= 11 is 0. The molecule has 0 radical (unpaired) electrons. The van der Waals surface area contributed by atoms with Gasteiger partial charge in [-0.3, -0.25) is 0 Å². The van der Waals surface area contributed by atoms with Crippen molar-refractivity contribution in [3.05, 3.63) is 0 Å². The maximum atomic E-state index is 5.51. The van der Waals surface area contributed by atoms with E-state index in [4.69, 9.17) is 9.47 Å². The van der Waals surface area contributed by atoms with Crippen LogP contribution in [0.3, 0.4) is 0 Å². The van der Waals surface area contributed by atoms with E-state index in [1.807, 2.05) is 0 Å². The van der Waals surface area contributed by atoms with E-state index in [-0.39, 0.29) is 0 Å². The Labute approximate surface area is 125 Å². The minimum Gasteiger partial charge on any atom is -0.380 e. The predicted octanol–water partition coefficient (Wildman–Crippen LogP) is 4.19. The Bertz CT molecular complexity index is 269. The van der Waals surface area contributed by atoms with Crippen LogP contribution in [0.15, 0.2) is 0 Å². The Hall–Kier alpha value is -0.960. The number of hydrogen-bond donors (Lipinski definition) is 0. The lowest BCUT2D eigenvalue weighted by Gasteiger charge is -2.03. The SMILES string of the molecule is CCCC#CCCOCCCCOCCC#CCCC. The third-order valence-corrected chi connectivity index (χ3v) is 2.57. The van der Waals surface area contributed by atoms with Crippen LogP contribution in [0, 0.1) is 23.7 Å². The topological polar surface area (TPSA) is 18.5 Å². The van der Waals surface area contributed by atoms with E-state index in [2.05, 4.69) is 37.5 Å². The summed E-state index contributed by atoms with van der Waals surface area (Å²) in [6, 6.07) is 0. The fourth-order valence-electron chi connectivity index (χ4n) is 1.46. The first-order valence-corrected chi connectivity index (χ1v) is 7.98. The van der Waals surface area contributed by atoms with Crippen LogP contribution >= 0.6 is 0 Å². The molecular weight excluding hydrogens is 248 g/mol. The molecule has 114 valence electrons. The summed E-state index contributed by atoms with van der Waals surface area (Å²) in [4.78, 5) is 0. The number of rotatable bonds is 11. The highest BCUT2D eigenvalue weighted by Gasteiger charge is 1.90. The lowest BCUT2D eigenvalue weighted by molar-refractivity contribution is 0.108. The molecule has 0 saturated carbocycles. The van der Waals surface area contributed by atoms with Crippen molar-refractivity contribution in [2.45, 2.75) is 65.2 Å². The summed E-state index contributed by atoms with van der Waals surface area (Å²) in [5, 5.41) is 0. The highest BCUT2D eigenvalue weighted by atomic mass is 16.5. The lowest BCUT2D eigenvalue weighted by atomic mass is 10.3. The third kappa shape index (κ3) is 17.0. The molecule has 0 rings (SSSR count). The smallest absolute Gasteiger partial charge is 0.0575 e. The Morgan fingerprint density at radius 2 is 0.950 bits per heavy atom. The van der Waals surface area contributed by atoms with Crippen molar-refractivity contribution >= 4 is 0 Å². The van der Waals surface area contributed by atoms with Crippen molar-refractivity contribution in [3.8, 4) is 23.7 Å². The van der Waals surface area contributed by atoms with Crippen molar-refractivity contribution in [1.29, 1.82) is 0 Å². The molecule has 0 aromatic heterocycles. The van der Waals surface area contributed by atoms with Gasteiger partial charge in [0.15, 0.2) is 0 Å². The molecule has 0 fully saturated rings. The molecule has 0 unspecified atom stereocenters. The molecule has 20 heavy (non-hydrogen) atoms. The quantitative estimate of drug-likeness (QED) is 0.417. The summed E-state index contributed by atoms with van der Waals surface area (Å²) in [5.74, 6) is 12.5. The van der Waals surface area contributed by atoms with Crippen LogP contribution in [0.25, 0.3) is 0 Å². The van der Waals surface area contributed by atoms with Crippen LogP contribution in [-0.4, -0.2) is 26.4 Å². The summed E-state index contributed by atoms with van der Waals surface area (Å²) < 4.78 is 11.0. The monoisotopic (exact) mass is 278 g/mol. The van der Waals surface area contributed by atoms with E-state index in [1.165, 1.54) is 0 Å². The highest BCUT2D eigenvalue weighted by molar-refractivity contribution is 4.98. The van der Waals surface area contributed by atoms with Crippen molar-refractivity contribution in [2.24, 2.45) is 0 Å². The molecule has 0 amide bonds. The van der Waals surface area contributed by atoms with Gasteiger partial charge in [0, 0.05) is 38.9 Å². The second-order valence-electron chi connectivity index (χ2n) is 4.64. The molecule has 0 aliphatic heterocycles. The second-order valence-corrected chi connectivity index (χ2v) is 4.64. The van der Waals surface area contributed by atoms with Crippen molar-refractivity contribution in [1.82, 2.24) is 0 Å². The van der Waals surface area contributed by atoms with Crippen molar-refractivity contribution in [3.63, 3.8) is 0 Å². The fraction of sp³-hybridized carbons (Fsp3) is 0.778. The molecule has 2 nitrogen and oxygen atoms in total. The standard InChI is InChI=1S/C18H30O2/c1-3-5-7-9-11-15-19-17-13-14-18-20-16-12-10-8-6-4-2/h3-6,11-18H2,1-2H3. The van der Waals surface area contributed by atoms with Gasteiger partial charge in [-0.1, -0.05) is 13.8 Å². The molecule has 0 heterocycles. The van der Waals surface area contributed by atoms with E-state index < -0.39 is 0 Å². The van der Waals surface area contributed by atoms with Gasteiger partial charge in [-0.05, 0) is 25.7 Å². The van der Waals surface area contributed by atoms with Gasteiger partial charge in [0.2, 0.25) is 0 Å². The minimum atomic E-state index is 0.755. The van der Waals surface area contributed by atoms with Gasteiger partial charge in [-0.25, -0.2) is 0 Å². The Kier molecular flexibility index (Phi) is 17.2. The number of hydrogen-bond acceptors (Lipinski definition) is 2. The Morgan fingerprint density at radius 3 is 1.35 bits per heavy atom. The molecule has 0 bridgehead atoms. The molecule has 2 heteroatoms. The minimum absolute atomic E-state index is 0.755. The normalized spacial score (nSPS) is 9.50. The molecule has 0 saturated heterocycles. The van der Waals surface area contributed by atoms with E-state index in [0.29, 0.717) is 0 Å². The van der Waals surface area contributed by atoms with Crippen LogP contribution in [0.5, 0.6) is 0 Å². The average molecular weight is 278 g/mol. The maximum absolute atomic E-state index is 5.51. The number of unbranched alkanes of at least 4 members (excludes halogenated alkanes) is 3. The van der Waals surface area contributed by atoms with Crippen LogP contribution in [0.2, 0.25) is 0 Å². The zero-order chi connectivity index (χ0) is 14.7. The van der Waals surface area contributed by atoms with Gasteiger partial charge in [-0.15, -0.1) is 23.7 Å². The van der Waals surface area contributed by atoms with Crippen molar-refractivity contribution in [2.75, 3.05) is 26.4 Å². The molecule has 0 atom stereocenters. The molecule has 0 spiro atoms. The van der Waals surface area contributed by atoms with Gasteiger partial charge in [0.05, 0.1) is 13.2 Å². The first-order valence-electron chi connectivity index (χ1n) is 7.98. The average Bonchev–Trinajstić information content (AvgIpc) is 2.47. The van der Waals surface area contributed by atoms with Crippen LogP contribution in [0.4, 0.5) is 0 Å². The first-order chi connectivity index (χ1) is 9.91.